The third-order valence-electron chi connectivity index (χ3n) is 1.53. The molecule has 0 saturated carbocycles. The summed E-state index contributed by atoms with van der Waals surface area (Å²) in [5, 5.41) is 10.6. The van der Waals surface area contributed by atoms with Crippen LogP contribution >= 0.6 is 15.9 Å². The van der Waals surface area contributed by atoms with Crippen molar-refractivity contribution in [1.82, 2.24) is 4.98 Å². The van der Waals surface area contributed by atoms with Crippen LogP contribution in [0, 0.1) is 10.1 Å². The van der Waals surface area contributed by atoms with Crippen molar-refractivity contribution in [2.75, 3.05) is 6.61 Å². The van der Waals surface area contributed by atoms with E-state index < -0.39 is 16.7 Å². The molecule has 0 saturated heterocycles. The number of aromatic nitrogens is 1. The molecule has 1 aromatic rings. The van der Waals surface area contributed by atoms with E-state index in [1.54, 1.807) is 6.92 Å². The Morgan fingerprint density at radius 3 is 2.93 bits per heavy atom. The highest BCUT2D eigenvalue weighted by molar-refractivity contribution is 9.10. The highest BCUT2D eigenvalue weighted by Gasteiger charge is 2.25. The molecule has 0 amide bonds. The molecule has 7 heteroatoms. The minimum Gasteiger partial charge on any atom is -0.462 e. The second kappa shape index (κ2) is 4.83. The number of carbonyl (C=O) groups is 1. The molecule has 0 fully saturated rings. The summed E-state index contributed by atoms with van der Waals surface area (Å²) in [4.78, 5) is 24.8. The Hall–Kier alpha value is -1.50. The lowest BCUT2D eigenvalue weighted by atomic mass is 10.2. The molecule has 0 aromatic carbocycles. The average Bonchev–Trinajstić information content (AvgIpc) is 2.17. The lowest BCUT2D eigenvalue weighted by Crippen LogP contribution is -2.10. The van der Waals surface area contributed by atoms with Crippen molar-refractivity contribution < 1.29 is 14.5 Å². The molecule has 1 aromatic heterocycles. The predicted molar refractivity (Wildman–Crippen MR) is 54.5 cm³/mol. The Labute approximate surface area is 93.5 Å². The lowest BCUT2D eigenvalue weighted by Gasteiger charge is -2.03. The van der Waals surface area contributed by atoms with E-state index >= 15 is 0 Å². The van der Waals surface area contributed by atoms with Crippen molar-refractivity contribution in [2.24, 2.45) is 0 Å². The molecule has 0 unspecified atom stereocenters. The largest absolute Gasteiger partial charge is 0.462 e. The van der Waals surface area contributed by atoms with Gasteiger partial charge in [0.1, 0.15) is 6.20 Å². The number of hydrogen-bond acceptors (Lipinski definition) is 5. The second-order valence-electron chi connectivity index (χ2n) is 2.47. The maximum Gasteiger partial charge on any atom is 0.379 e. The topological polar surface area (TPSA) is 82.3 Å². The van der Waals surface area contributed by atoms with Gasteiger partial charge in [0, 0.05) is 4.47 Å². The van der Waals surface area contributed by atoms with Crippen molar-refractivity contribution in [2.45, 2.75) is 6.92 Å². The molecule has 1 rings (SSSR count). The molecule has 80 valence electrons. The molecule has 0 spiro atoms. The molecule has 6 nitrogen and oxygen atoms in total. The van der Waals surface area contributed by atoms with Gasteiger partial charge in [0.15, 0.2) is 5.56 Å². The summed E-state index contributed by atoms with van der Waals surface area (Å²) in [7, 11) is 0. The third-order valence-corrected chi connectivity index (χ3v) is 2.19. The highest BCUT2D eigenvalue weighted by atomic mass is 79.9. The molecule has 0 atom stereocenters. The summed E-state index contributed by atoms with van der Waals surface area (Å²) in [5.41, 5.74) is -0.163. The van der Waals surface area contributed by atoms with Gasteiger partial charge in [0.05, 0.1) is 6.61 Å². The van der Waals surface area contributed by atoms with Gasteiger partial charge in [-0.1, -0.05) is 0 Å². The lowest BCUT2D eigenvalue weighted by molar-refractivity contribution is -0.389. The van der Waals surface area contributed by atoms with E-state index in [1.807, 2.05) is 0 Å². The minimum absolute atomic E-state index is 0.150. The first-order valence-electron chi connectivity index (χ1n) is 4.04. The number of pyridine rings is 1. The van der Waals surface area contributed by atoms with Crippen molar-refractivity contribution in [3.8, 4) is 0 Å². The zero-order chi connectivity index (χ0) is 11.4. The number of nitro groups is 1. The summed E-state index contributed by atoms with van der Waals surface area (Å²) in [6.07, 6.45) is 1.24. The molecule has 0 aliphatic heterocycles. The smallest absolute Gasteiger partial charge is 0.379 e. The number of hydrogen-bond donors (Lipinski definition) is 0. The Kier molecular flexibility index (Phi) is 3.73. The fourth-order valence-electron chi connectivity index (χ4n) is 0.958. The predicted octanol–water partition coefficient (Wildman–Crippen LogP) is 1.93. The maximum atomic E-state index is 11.4. The molecule has 0 radical (unpaired) electrons. The first-order valence-corrected chi connectivity index (χ1v) is 4.83. The van der Waals surface area contributed by atoms with Crippen molar-refractivity contribution >= 4 is 27.7 Å². The van der Waals surface area contributed by atoms with E-state index in [-0.39, 0.29) is 12.2 Å². The van der Waals surface area contributed by atoms with Crippen molar-refractivity contribution in [3.05, 3.63) is 32.4 Å². The van der Waals surface area contributed by atoms with E-state index in [4.69, 9.17) is 0 Å². The van der Waals surface area contributed by atoms with Gasteiger partial charge in [-0.05, 0) is 38.8 Å². The fraction of sp³-hybridized carbons (Fsp3) is 0.250. The Morgan fingerprint density at radius 2 is 2.40 bits per heavy atom. The summed E-state index contributed by atoms with van der Waals surface area (Å²) in [5.74, 6) is -1.27. The van der Waals surface area contributed by atoms with Crippen LogP contribution in [0.4, 0.5) is 5.82 Å². The first-order chi connectivity index (χ1) is 7.07. The van der Waals surface area contributed by atoms with E-state index in [0.717, 1.165) is 0 Å². The molecule has 0 N–H and O–H groups in total. The summed E-state index contributed by atoms with van der Waals surface area (Å²) in [6, 6.07) is 1.44. The number of esters is 1. The van der Waals surface area contributed by atoms with Gasteiger partial charge < -0.3 is 14.9 Å². The van der Waals surface area contributed by atoms with E-state index in [0.29, 0.717) is 4.47 Å². The highest BCUT2D eigenvalue weighted by Crippen LogP contribution is 2.24. The second-order valence-corrected chi connectivity index (χ2v) is 3.32. The Bertz CT molecular complexity index is 408. The van der Waals surface area contributed by atoms with Crippen LogP contribution in [0.5, 0.6) is 0 Å². The molecule has 0 aliphatic carbocycles. The van der Waals surface area contributed by atoms with Crippen LogP contribution in [0.3, 0.4) is 0 Å². The van der Waals surface area contributed by atoms with Crippen LogP contribution < -0.4 is 0 Å². The van der Waals surface area contributed by atoms with Crippen LogP contribution in [-0.4, -0.2) is 22.5 Å². The number of rotatable bonds is 3. The molecule has 0 bridgehead atoms. The Balaban J connectivity index is 3.24. The normalized spacial score (nSPS) is 9.73. The van der Waals surface area contributed by atoms with Gasteiger partial charge in [-0.3, -0.25) is 0 Å². The van der Waals surface area contributed by atoms with Gasteiger partial charge in [-0.25, -0.2) is 4.79 Å². The molecule has 1 heterocycles. The number of ether oxygens (including phenoxy) is 1. The van der Waals surface area contributed by atoms with Crippen LogP contribution in [0.15, 0.2) is 16.7 Å². The summed E-state index contributed by atoms with van der Waals surface area (Å²) < 4.78 is 4.98. The van der Waals surface area contributed by atoms with Gasteiger partial charge in [-0.2, -0.15) is 0 Å². The molecule has 15 heavy (non-hydrogen) atoms. The van der Waals surface area contributed by atoms with Crippen LogP contribution in [-0.2, 0) is 4.74 Å². The summed E-state index contributed by atoms with van der Waals surface area (Å²) in [6.45, 7) is 1.77. The van der Waals surface area contributed by atoms with E-state index in [1.165, 1.54) is 12.3 Å². The van der Waals surface area contributed by atoms with Gasteiger partial charge in [0.2, 0.25) is 0 Å². The zero-order valence-electron chi connectivity index (χ0n) is 7.77. The number of carbonyl (C=O) groups excluding carboxylic acids is 1. The van der Waals surface area contributed by atoms with Crippen molar-refractivity contribution in [1.29, 1.82) is 0 Å². The fourth-order valence-corrected chi connectivity index (χ4v) is 1.42. The van der Waals surface area contributed by atoms with Gasteiger partial charge in [0.25, 0.3) is 0 Å². The monoisotopic (exact) mass is 274 g/mol. The maximum absolute atomic E-state index is 11.4. The van der Waals surface area contributed by atoms with Crippen LogP contribution in [0.2, 0.25) is 0 Å². The van der Waals surface area contributed by atoms with E-state index in [2.05, 4.69) is 25.7 Å². The van der Waals surface area contributed by atoms with Gasteiger partial charge >= 0.3 is 11.8 Å². The molecular formula is C8H7BrN2O4. The van der Waals surface area contributed by atoms with Crippen LogP contribution in [0.1, 0.15) is 17.3 Å². The Morgan fingerprint density at radius 1 is 1.73 bits per heavy atom. The van der Waals surface area contributed by atoms with E-state index in [9.17, 15) is 14.9 Å². The zero-order valence-corrected chi connectivity index (χ0v) is 9.35. The standard InChI is InChI=1S/C8H7BrN2O4/c1-2-15-8(12)6-5(9)3-4-10-7(6)11(13)14/h3-4H,2H2,1H3. The number of halogens is 1. The van der Waals surface area contributed by atoms with Gasteiger partial charge in [-0.15, -0.1) is 0 Å². The number of nitrogens with zero attached hydrogens (tertiary/aromatic N) is 2. The SMILES string of the molecule is CCOC(=O)c1c(Br)ccnc1[N+](=O)[O-]. The first kappa shape index (κ1) is 11.6. The van der Waals surface area contributed by atoms with Crippen LogP contribution in [0.25, 0.3) is 0 Å². The molecule has 0 aliphatic rings. The molecular weight excluding hydrogens is 268 g/mol. The van der Waals surface area contributed by atoms with Crippen molar-refractivity contribution in [3.63, 3.8) is 0 Å². The summed E-state index contributed by atoms with van der Waals surface area (Å²) >= 11 is 3.04. The quantitative estimate of drug-likeness (QED) is 0.478. The average molecular weight is 275 g/mol. The third kappa shape index (κ3) is 2.50. The minimum atomic E-state index is -0.760.